The van der Waals surface area contributed by atoms with Gasteiger partial charge in [-0.2, -0.15) is 0 Å². The minimum Gasteiger partial charge on any atom is -0.484 e. The van der Waals surface area contributed by atoms with Gasteiger partial charge < -0.3 is 14.5 Å². The minimum absolute atomic E-state index is 0.0365. The first-order chi connectivity index (χ1) is 14.6. The largest absolute Gasteiger partial charge is 0.484 e. The van der Waals surface area contributed by atoms with Gasteiger partial charge in [-0.15, -0.1) is 0 Å². The molecule has 0 spiro atoms. The number of sulfonamides is 1. The quantitative estimate of drug-likeness (QED) is 0.734. The van der Waals surface area contributed by atoms with Crippen LogP contribution < -0.4 is 9.46 Å². The third kappa shape index (κ3) is 6.21. The minimum atomic E-state index is -3.36. The Labute approximate surface area is 182 Å². The van der Waals surface area contributed by atoms with Crippen molar-refractivity contribution in [2.75, 3.05) is 43.8 Å². The second kappa shape index (κ2) is 9.38. The number of ether oxygens (including phenoxy) is 1. The van der Waals surface area contributed by atoms with Crippen molar-refractivity contribution in [1.82, 2.24) is 9.80 Å². The summed E-state index contributed by atoms with van der Waals surface area (Å²) >= 11 is 0. The number of nitrogens with zero attached hydrogens (tertiary/aromatic N) is 2. The molecule has 0 aromatic heterocycles. The maximum absolute atomic E-state index is 12.7. The summed E-state index contributed by atoms with van der Waals surface area (Å²) in [6, 6.07) is 12.0. The normalized spacial score (nSPS) is 14.3. The molecule has 1 aliphatic rings. The van der Waals surface area contributed by atoms with Crippen LogP contribution in [0.5, 0.6) is 5.75 Å². The van der Waals surface area contributed by atoms with E-state index in [0.717, 1.165) is 11.8 Å². The first-order valence-electron chi connectivity index (χ1n) is 9.97. The Hall–Kier alpha value is -3.07. The molecule has 0 bridgehead atoms. The van der Waals surface area contributed by atoms with E-state index in [0.29, 0.717) is 43.2 Å². The summed E-state index contributed by atoms with van der Waals surface area (Å²) in [6.45, 7) is 5.71. The molecule has 0 saturated carbocycles. The highest BCUT2D eigenvalue weighted by Gasteiger charge is 2.25. The molecule has 1 heterocycles. The second-order valence-electron chi connectivity index (χ2n) is 7.66. The maximum atomic E-state index is 12.7. The molecule has 0 radical (unpaired) electrons. The summed E-state index contributed by atoms with van der Waals surface area (Å²) in [6.07, 6.45) is 1.07. The standard InChI is InChI=1S/C22H27N3O5S/c1-16-4-9-20(14-17(16)2)30-15-21(26)24-10-12-25(13-11-24)22(27)18-5-7-19(8-6-18)23-31(3,28)29/h4-9,14,23H,10-13,15H2,1-3H3. The predicted molar refractivity (Wildman–Crippen MR) is 119 cm³/mol. The van der Waals surface area contributed by atoms with E-state index in [9.17, 15) is 18.0 Å². The van der Waals surface area contributed by atoms with Gasteiger partial charge in [0, 0.05) is 37.4 Å². The average molecular weight is 446 g/mol. The van der Waals surface area contributed by atoms with E-state index in [2.05, 4.69) is 4.72 Å². The third-order valence-electron chi connectivity index (χ3n) is 5.20. The summed E-state index contributed by atoms with van der Waals surface area (Å²) in [5.41, 5.74) is 3.15. The molecule has 0 aliphatic carbocycles. The highest BCUT2D eigenvalue weighted by Crippen LogP contribution is 2.17. The van der Waals surface area contributed by atoms with Crippen molar-refractivity contribution in [3.63, 3.8) is 0 Å². The van der Waals surface area contributed by atoms with Crippen molar-refractivity contribution < 1.29 is 22.7 Å². The number of rotatable bonds is 6. The van der Waals surface area contributed by atoms with Gasteiger partial charge in [0.15, 0.2) is 6.61 Å². The lowest BCUT2D eigenvalue weighted by Crippen LogP contribution is -2.51. The number of hydrogen-bond acceptors (Lipinski definition) is 5. The van der Waals surface area contributed by atoms with Crippen molar-refractivity contribution >= 4 is 27.5 Å². The van der Waals surface area contributed by atoms with Crippen molar-refractivity contribution in [3.05, 3.63) is 59.2 Å². The summed E-state index contributed by atoms with van der Waals surface area (Å²) in [4.78, 5) is 28.6. The lowest BCUT2D eigenvalue weighted by Gasteiger charge is -2.34. The summed E-state index contributed by atoms with van der Waals surface area (Å²) in [7, 11) is -3.36. The molecular formula is C22H27N3O5S. The van der Waals surface area contributed by atoms with Crippen LogP contribution in [0.25, 0.3) is 0 Å². The zero-order valence-electron chi connectivity index (χ0n) is 17.9. The fourth-order valence-electron chi connectivity index (χ4n) is 3.28. The van der Waals surface area contributed by atoms with Gasteiger partial charge >= 0.3 is 0 Å². The molecule has 1 saturated heterocycles. The van der Waals surface area contributed by atoms with Crippen molar-refractivity contribution in [3.8, 4) is 5.75 Å². The molecule has 1 fully saturated rings. The third-order valence-corrected chi connectivity index (χ3v) is 5.80. The van der Waals surface area contributed by atoms with Crippen LogP contribution in [0.15, 0.2) is 42.5 Å². The lowest BCUT2D eigenvalue weighted by atomic mass is 10.1. The number of aryl methyl sites for hydroxylation is 2. The van der Waals surface area contributed by atoms with E-state index in [1.54, 1.807) is 34.1 Å². The van der Waals surface area contributed by atoms with E-state index in [-0.39, 0.29) is 18.4 Å². The van der Waals surface area contributed by atoms with Gasteiger partial charge in [-0.05, 0) is 61.4 Å². The first-order valence-corrected chi connectivity index (χ1v) is 11.9. The Bertz CT molecular complexity index is 1060. The summed E-state index contributed by atoms with van der Waals surface area (Å²) in [5, 5.41) is 0. The number of carbonyl (C=O) groups is 2. The maximum Gasteiger partial charge on any atom is 0.260 e. The number of anilines is 1. The fraction of sp³-hybridized carbons (Fsp3) is 0.364. The molecule has 2 aromatic carbocycles. The highest BCUT2D eigenvalue weighted by atomic mass is 32.2. The Kier molecular flexibility index (Phi) is 6.84. The van der Waals surface area contributed by atoms with Gasteiger partial charge in [-0.1, -0.05) is 6.07 Å². The summed E-state index contributed by atoms with van der Waals surface area (Å²) in [5.74, 6) is 0.407. The number of carbonyl (C=O) groups excluding carboxylic acids is 2. The van der Waals surface area contributed by atoms with Gasteiger partial charge in [0.2, 0.25) is 10.0 Å². The molecule has 0 unspecified atom stereocenters. The van der Waals surface area contributed by atoms with E-state index >= 15 is 0 Å². The van der Waals surface area contributed by atoms with Crippen LogP contribution in [0.3, 0.4) is 0 Å². The number of amides is 2. The van der Waals surface area contributed by atoms with Crippen molar-refractivity contribution in [1.29, 1.82) is 0 Å². The Morgan fingerprint density at radius 2 is 1.55 bits per heavy atom. The van der Waals surface area contributed by atoms with E-state index < -0.39 is 10.0 Å². The number of hydrogen-bond donors (Lipinski definition) is 1. The Morgan fingerprint density at radius 3 is 2.13 bits per heavy atom. The Morgan fingerprint density at radius 1 is 0.935 bits per heavy atom. The molecule has 1 N–H and O–H groups in total. The SMILES string of the molecule is Cc1ccc(OCC(=O)N2CCN(C(=O)c3ccc(NS(C)(=O)=O)cc3)CC2)cc1C. The molecule has 2 amide bonds. The average Bonchev–Trinajstić information content (AvgIpc) is 2.73. The van der Waals surface area contributed by atoms with E-state index in [1.807, 2.05) is 32.0 Å². The van der Waals surface area contributed by atoms with Crippen LogP contribution in [-0.2, 0) is 14.8 Å². The van der Waals surface area contributed by atoms with Gasteiger partial charge in [0.1, 0.15) is 5.75 Å². The molecular weight excluding hydrogens is 418 g/mol. The predicted octanol–water partition coefficient (Wildman–Crippen LogP) is 2.04. The zero-order chi connectivity index (χ0) is 22.6. The van der Waals surface area contributed by atoms with Gasteiger partial charge in [-0.25, -0.2) is 8.42 Å². The van der Waals surface area contributed by atoms with E-state index in [4.69, 9.17) is 4.74 Å². The van der Waals surface area contributed by atoms with Crippen LogP contribution >= 0.6 is 0 Å². The molecule has 2 aromatic rings. The number of benzene rings is 2. The molecule has 3 rings (SSSR count). The van der Waals surface area contributed by atoms with Gasteiger partial charge in [0.05, 0.1) is 6.26 Å². The molecule has 1 aliphatic heterocycles. The van der Waals surface area contributed by atoms with Crippen molar-refractivity contribution in [2.45, 2.75) is 13.8 Å². The highest BCUT2D eigenvalue weighted by molar-refractivity contribution is 7.92. The van der Waals surface area contributed by atoms with E-state index in [1.165, 1.54) is 5.56 Å². The lowest BCUT2D eigenvalue weighted by molar-refractivity contribution is -0.134. The van der Waals surface area contributed by atoms with Crippen LogP contribution in [0.1, 0.15) is 21.5 Å². The first kappa shape index (κ1) is 22.6. The van der Waals surface area contributed by atoms with Crippen LogP contribution in [-0.4, -0.2) is 69.1 Å². The monoisotopic (exact) mass is 445 g/mol. The fourth-order valence-corrected chi connectivity index (χ4v) is 3.84. The summed E-state index contributed by atoms with van der Waals surface area (Å²) < 4.78 is 30.6. The van der Waals surface area contributed by atoms with Crippen molar-refractivity contribution in [2.24, 2.45) is 0 Å². The van der Waals surface area contributed by atoms with Crippen LogP contribution in [0.4, 0.5) is 5.69 Å². The number of piperazine rings is 1. The second-order valence-corrected chi connectivity index (χ2v) is 9.41. The van der Waals surface area contributed by atoms with Gasteiger partial charge in [-0.3, -0.25) is 14.3 Å². The molecule has 8 nitrogen and oxygen atoms in total. The molecule has 0 atom stereocenters. The van der Waals surface area contributed by atoms with Crippen LogP contribution in [0.2, 0.25) is 0 Å². The van der Waals surface area contributed by atoms with Crippen LogP contribution in [0, 0.1) is 13.8 Å². The smallest absolute Gasteiger partial charge is 0.260 e. The molecule has 166 valence electrons. The molecule has 9 heteroatoms. The Balaban J connectivity index is 1.49. The number of nitrogens with one attached hydrogen (secondary N) is 1. The molecule has 31 heavy (non-hydrogen) atoms. The zero-order valence-corrected chi connectivity index (χ0v) is 18.7. The topological polar surface area (TPSA) is 96.0 Å². The van der Waals surface area contributed by atoms with Gasteiger partial charge in [0.25, 0.3) is 11.8 Å².